The zero-order chi connectivity index (χ0) is 15.5. The highest BCUT2D eigenvalue weighted by Crippen LogP contribution is 2.26. The molecule has 0 fully saturated rings. The summed E-state index contributed by atoms with van der Waals surface area (Å²) in [5.41, 5.74) is 4.11. The molecule has 0 saturated carbocycles. The van der Waals surface area contributed by atoms with Gasteiger partial charge in [0.2, 0.25) is 0 Å². The predicted molar refractivity (Wildman–Crippen MR) is 94.1 cm³/mol. The standard InChI is InChI=1S/C20H16N2O/c1-2-6-15(7-3-1)14-23-22-20-19-13-17-9-5-4-8-16(17)12-18(19)10-11-21-20/h1-13H,14H2,(H,21,22). The van der Waals surface area contributed by atoms with Crippen molar-refractivity contribution in [3.8, 4) is 0 Å². The molecule has 0 atom stereocenters. The van der Waals surface area contributed by atoms with Crippen LogP contribution in [0, 0.1) is 0 Å². The first-order valence-corrected chi connectivity index (χ1v) is 7.59. The van der Waals surface area contributed by atoms with Crippen LogP contribution in [0.3, 0.4) is 0 Å². The van der Waals surface area contributed by atoms with E-state index in [2.05, 4.69) is 40.8 Å². The lowest BCUT2D eigenvalue weighted by Crippen LogP contribution is -2.03. The van der Waals surface area contributed by atoms with Gasteiger partial charge in [0, 0.05) is 11.6 Å². The molecule has 3 aromatic carbocycles. The second-order valence-corrected chi connectivity index (χ2v) is 5.46. The van der Waals surface area contributed by atoms with Gasteiger partial charge in [-0.2, -0.15) is 0 Å². The van der Waals surface area contributed by atoms with Gasteiger partial charge in [-0.05, 0) is 39.9 Å². The van der Waals surface area contributed by atoms with Gasteiger partial charge in [-0.25, -0.2) is 10.5 Å². The third kappa shape index (κ3) is 2.87. The molecule has 0 aliphatic carbocycles. The van der Waals surface area contributed by atoms with Crippen LogP contribution >= 0.6 is 0 Å². The summed E-state index contributed by atoms with van der Waals surface area (Å²) in [5, 5.41) is 4.62. The molecule has 1 heterocycles. The number of nitrogens with one attached hydrogen (secondary N) is 1. The Hall–Kier alpha value is -2.91. The first-order valence-electron chi connectivity index (χ1n) is 7.59. The molecular formula is C20H16N2O. The van der Waals surface area contributed by atoms with Crippen molar-refractivity contribution < 1.29 is 4.84 Å². The molecule has 23 heavy (non-hydrogen) atoms. The van der Waals surface area contributed by atoms with E-state index in [0.29, 0.717) is 6.61 Å². The number of anilines is 1. The van der Waals surface area contributed by atoms with Crippen molar-refractivity contribution >= 4 is 27.4 Å². The summed E-state index contributed by atoms with van der Waals surface area (Å²) in [4.78, 5) is 10.0. The van der Waals surface area contributed by atoms with E-state index in [1.54, 1.807) is 6.20 Å². The van der Waals surface area contributed by atoms with Gasteiger partial charge in [0.25, 0.3) is 0 Å². The maximum Gasteiger partial charge on any atom is 0.157 e. The van der Waals surface area contributed by atoms with Gasteiger partial charge in [0.1, 0.15) is 0 Å². The lowest BCUT2D eigenvalue weighted by Gasteiger charge is -2.10. The smallest absolute Gasteiger partial charge is 0.157 e. The Kier molecular flexibility index (Phi) is 3.62. The lowest BCUT2D eigenvalue weighted by atomic mass is 10.0. The summed E-state index contributed by atoms with van der Waals surface area (Å²) in [6.07, 6.45) is 1.80. The first-order chi connectivity index (χ1) is 11.4. The highest BCUT2D eigenvalue weighted by molar-refractivity contribution is 6.02. The largest absolute Gasteiger partial charge is 0.270 e. The maximum atomic E-state index is 5.61. The number of aromatic nitrogens is 1. The van der Waals surface area contributed by atoms with E-state index in [1.807, 2.05) is 42.5 Å². The summed E-state index contributed by atoms with van der Waals surface area (Å²) in [7, 11) is 0. The minimum atomic E-state index is 0.493. The molecule has 112 valence electrons. The molecule has 0 aliphatic heterocycles. The summed E-state index contributed by atoms with van der Waals surface area (Å²) in [6.45, 7) is 0.493. The first kappa shape index (κ1) is 13.7. The topological polar surface area (TPSA) is 34.1 Å². The molecule has 1 N–H and O–H groups in total. The molecule has 0 saturated heterocycles. The van der Waals surface area contributed by atoms with Crippen LogP contribution in [0.5, 0.6) is 0 Å². The van der Waals surface area contributed by atoms with Crippen LogP contribution in [0.4, 0.5) is 5.82 Å². The van der Waals surface area contributed by atoms with Crippen molar-refractivity contribution in [2.75, 3.05) is 5.48 Å². The fourth-order valence-corrected chi connectivity index (χ4v) is 2.71. The van der Waals surface area contributed by atoms with E-state index in [1.165, 1.54) is 10.8 Å². The Morgan fingerprint density at radius 3 is 2.35 bits per heavy atom. The number of benzene rings is 3. The van der Waals surface area contributed by atoms with E-state index in [4.69, 9.17) is 4.84 Å². The zero-order valence-electron chi connectivity index (χ0n) is 12.6. The maximum absolute atomic E-state index is 5.61. The Balaban J connectivity index is 1.62. The second-order valence-electron chi connectivity index (χ2n) is 5.46. The second kappa shape index (κ2) is 6.07. The van der Waals surface area contributed by atoms with Crippen LogP contribution in [0.1, 0.15) is 5.56 Å². The number of hydrogen-bond acceptors (Lipinski definition) is 3. The van der Waals surface area contributed by atoms with Gasteiger partial charge in [-0.3, -0.25) is 4.84 Å². The van der Waals surface area contributed by atoms with Crippen LogP contribution < -0.4 is 5.48 Å². The zero-order valence-corrected chi connectivity index (χ0v) is 12.6. The lowest BCUT2D eigenvalue weighted by molar-refractivity contribution is 0.179. The summed E-state index contributed by atoms with van der Waals surface area (Å²) in [5.74, 6) is 0.740. The Morgan fingerprint density at radius 1 is 0.783 bits per heavy atom. The molecule has 0 amide bonds. The fraction of sp³-hybridized carbons (Fsp3) is 0.0500. The van der Waals surface area contributed by atoms with Gasteiger partial charge in [-0.1, -0.05) is 54.6 Å². The third-order valence-corrected chi connectivity index (χ3v) is 3.88. The summed E-state index contributed by atoms with van der Waals surface area (Å²) in [6, 6.07) is 24.7. The quantitative estimate of drug-likeness (QED) is 0.428. The van der Waals surface area contributed by atoms with Crippen LogP contribution in [-0.4, -0.2) is 4.98 Å². The van der Waals surface area contributed by atoms with Crippen LogP contribution in [0.25, 0.3) is 21.5 Å². The molecule has 0 unspecified atom stereocenters. The third-order valence-electron chi connectivity index (χ3n) is 3.88. The molecule has 0 bridgehead atoms. The molecular weight excluding hydrogens is 284 g/mol. The number of fused-ring (bicyclic) bond motifs is 2. The fourth-order valence-electron chi connectivity index (χ4n) is 2.71. The van der Waals surface area contributed by atoms with Crippen molar-refractivity contribution in [2.24, 2.45) is 0 Å². The van der Waals surface area contributed by atoms with E-state index in [0.717, 1.165) is 22.2 Å². The molecule has 0 spiro atoms. The van der Waals surface area contributed by atoms with Gasteiger partial charge in [0.05, 0.1) is 6.61 Å². The van der Waals surface area contributed by atoms with Crippen molar-refractivity contribution in [3.63, 3.8) is 0 Å². The van der Waals surface area contributed by atoms with E-state index < -0.39 is 0 Å². The van der Waals surface area contributed by atoms with Crippen LogP contribution in [0.15, 0.2) is 79.0 Å². The summed E-state index contributed by atoms with van der Waals surface area (Å²) >= 11 is 0. The van der Waals surface area contributed by atoms with Crippen LogP contribution in [0.2, 0.25) is 0 Å². The normalized spacial score (nSPS) is 11.0. The van der Waals surface area contributed by atoms with Gasteiger partial charge >= 0.3 is 0 Å². The Labute approximate surface area is 134 Å². The summed E-state index contributed by atoms with van der Waals surface area (Å²) < 4.78 is 0. The van der Waals surface area contributed by atoms with Gasteiger partial charge in [-0.15, -0.1) is 0 Å². The van der Waals surface area contributed by atoms with Crippen molar-refractivity contribution in [1.82, 2.24) is 4.98 Å². The minimum Gasteiger partial charge on any atom is -0.270 e. The van der Waals surface area contributed by atoms with Gasteiger partial charge < -0.3 is 0 Å². The predicted octanol–water partition coefficient (Wildman–Crippen LogP) is 4.93. The van der Waals surface area contributed by atoms with E-state index in [9.17, 15) is 0 Å². The number of pyridine rings is 1. The van der Waals surface area contributed by atoms with Crippen LogP contribution in [-0.2, 0) is 11.4 Å². The molecule has 0 aliphatic rings. The molecule has 4 rings (SSSR count). The number of nitrogens with zero attached hydrogens (tertiary/aromatic N) is 1. The van der Waals surface area contributed by atoms with E-state index >= 15 is 0 Å². The average Bonchev–Trinajstić information content (AvgIpc) is 2.61. The monoisotopic (exact) mass is 300 g/mol. The molecule has 3 nitrogen and oxygen atoms in total. The molecule has 4 aromatic rings. The molecule has 1 aromatic heterocycles. The average molecular weight is 300 g/mol. The minimum absolute atomic E-state index is 0.493. The van der Waals surface area contributed by atoms with Crippen molar-refractivity contribution in [1.29, 1.82) is 0 Å². The van der Waals surface area contributed by atoms with Gasteiger partial charge in [0.15, 0.2) is 5.82 Å². The Bertz CT molecular complexity index is 951. The number of rotatable bonds is 4. The molecule has 3 heteroatoms. The highest BCUT2D eigenvalue weighted by atomic mass is 16.6. The van der Waals surface area contributed by atoms with Crippen molar-refractivity contribution in [3.05, 3.63) is 84.6 Å². The SMILES string of the molecule is c1ccc(CONc2nccc3cc4ccccc4cc23)cc1. The van der Waals surface area contributed by atoms with E-state index in [-0.39, 0.29) is 0 Å². The number of hydrogen-bond donors (Lipinski definition) is 1. The van der Waals surface area contributed by atoms with Crippen molar-refractivity contribution in [2.45, 2.75) is 6.61 Å². The molecule has 0 radical (unpaired) electrons. The highest BCUT2D eigenvalue weighted by Gasteiger charge is 2.04. The Morgan fingerprint density at radius 2 is 1.52 bits per heavy atom.